The number of hydrogen-bond acceptors (Lipinski definition) is 5. The third-order valence-corrected chi connectivity index (χ3v) is 5.85. The molecule has 6 nitrogen and oxygen atoms in total. The van der Waals surface area contributed by atoms with Crippen LogP contribution in [0.25, 0.3) is 10.9 Å². The minimum Gasteiger partial charge on any atom is -0.488 e. The number of β-amino-alcohol motifs (C(OH)–C–C–N with tert-alkyl or cyclic N) is 1. The topological polar surface area (TPSA) is 65.9 Å². The maximum Gasteiger partial charge on any atom is 0.272 e. The number of para-hydroxylation sites is 1. The molecule has 1 N–H and O–H groups in total. The zero-order valence-electron chi connectivity index (χ0n) is 16.7. The van der Waals surface area contributed by atoms with Crippen molar-refractivity contribution in [1.82, 2.24) is 14.8 Å². The minimum absolute atomic E-state index is 0.126. The van der Waals surface area contributed by atoms with Gasteiger partial charge in [0.15, 0.2) is 0 Å². The fraction of sp³-hybridized carbons (Fsp3) is 0.545. The predicted molar refractivity (Wildman–Crippen MR) is 109 cm³/mol. The lowest BCUT2D eigenvalue weighted by Gasteiger charge is -2.34. The van der Waals surface area contributed by atoms with Crippen molar-refractivity contribution in [3.8, 4) is 5.75 Å². The van der Waals surface area contributed by atoms with E-state index >= 15 is 0 Å². The Morgan fingerprint density at radius 3 is 2.61 bits per heavy atom. The van der Waals surface area contributed by atoms with Crippen molar-refractivity contribution in [2.24, 2.45) is 0 Å². The van der Waals surface area contributed by atoms with E-state index in [4.69, 9.17) is 4.74 Å². The first-order valence-electron chi connectivity index (χ1n) is 10.3. The summed E-state index contributed by atoms with van der Waals surface area (Å²) in [5.74, 6) is 0.620. The minimum atomic E-state index is -0.431. The molecule has 2 aliphatic rings. The molecular formula is C22H29N3O3. The molecule has 2 aromatic rings. The Morgan fingerprint density at radius 1 is 1.14 bits per heavy atom. The molecule has 0 spiro atoms. The number of ether oxygens (including phenoxy) is 1. The number of carbonyl (C=O) groups excluding carboxylic acids is 1. The van der Waals surface area contributed by atoms with Gasteiger partial charge in [-0.25, -0.2) is 4.98 Å². The first-order chi connectivity index (χ1) is 13.5. The van der Waals surface area contributed by atoms with E-state index in [-0.39, 0.29) is 12.0 Å². The monoisotopic (exact) mass is 383 g/mol. The number of likely N-dealkylation sites (tertiary alicyclic amines) is 2. The molecule has 0 aliphatic carbocycles. The predicted octanol–water partition coefficient (Wildman–Crippen LogP) is 2.69. The van der Waals surface area contributed by atoms with E-state index in [9.17, 15) is 9.90 Å². The van der Waals surface area contributed by atoms with Crippen LogP contribution in [0, 0.1) is 0 Å². The molecule has 150 valence electrons. The Morgan fingerprint density at radius 2 is 1.93 bits per heavy atom. The van der Waals surface area contributed by atoms with E-state index in [0.717, 1.165) is 42.6 Å². The second-order valence-electron chi connectivity index (χ2n) is 8.16. The molecule has 2 saturated heterocycles. The van der Waals surface area contributed by atoms with Gasteiger partial charge in [-0.15, -0.1) is 0 Å². The van der Waals surface area contributed by atoms with Crippen LogP contribution in [0.15, 0.2) is 30.3 Å². The zero-order chi connectivity index (χ0) is 19.7. The summed E-state index contributed by atoms with van der Waals surface area (Å²) < 4.78 is 6.32. The second kappa shape index (κ2) is 8.05. The number of aliphatic hydroxyl groups is 1. The van der Waals surface area contributed by atoms with Crippen molar-refractivity contribution in [2.45, 2.75) is 51.4 Å². The molecule has 1 unspecified atom stereocenters. The van der Waals surface area contributed by atoms with Crippen LogP contribution in [0.3, 0.4) is 0 Å². The van der Waals surface area contributed by atoms with Crippen molar-refractivity contribution in [2.75, 3.05) is 26.2 Å². The molecule has 1 aromatic heterocycles. The third-order valence-electron chi connectivity index (χ3n) is 5.85. The lowest BCUT2D eigenvalue weighted by Crippen LogP contribution is -2.41. The first-order valence-corrected chi connectivity index (χ1v) is 10.3. The Balaban J connectivity index is 1.53. The van der Waals surface area contributed by atoms with Crippen LogP contribution in [-0.4, -0.2) is 70.2 Å². The van der Waals surface area contributed by atoms with Gasteiger partial charge in [0.05, 0.1) is 6.10 Å². The average molecular weight is 383 g/mol. The van der Waals surface area contributed by atoms with Gasteiger partial charge in [0.25, 0.3) is 5.91 Å². The lowest BCUT2D eigenvalue weighted by atomic mass is 10.1. The van der Waals surface area contributed by atoms with Crippen molar-refractivity contribution >= 4 is 16.8 Å². The summed E-state index contributed by atoms with van der Waals surface area (Å²) in [5, 5.41) is 10.7. The number of amides is 1. The molecule has 3 heterocycles. The molecule has 2 aliphatic heterocycles. The second-order valence-corrected chi connectivity index (χ2v) is 8.16. The number of fused-ring (bicyclic) bond motifs is 1. The molecular weight excluding hydrogens is 354 g/mol. The van der Waals surface area contributed by atoms with E-state index in [1.54, 1.807) is 11.0 Å². The number of hydrogen-bond donors (Lipinski definition) is 1. The van der Waals surface area contributed by atoms with Crippen molar-refractivity contribution in [3.63, 3.8) is 0 Å². The van der Waals surface area contributed by atoms with E-state index in [2.05, 4.69) is 23.7 Å². The summed E-state index contributed by atoms with van der Waals surface area (Å²) in [6.45, 7) is 7.50. The Bertz CT molecular complexity index is 846. The van der Waals surface area contributed by atoms with Crippen LogP contribution in [0.2, 0.25) is 0 Å². The summed E-state index contributed by atoms with van der Waals surface area (Å²) in [7, 11) is 0. The van der Waals surface area contributed by atoms with E-state index < -0.39 is 6.10 Å². The fourth-order valence-electron chi connectivity index (χ4n) is 4.11. The van der Waals surface area contributed by atoms with Crippen LogP contribution in [0.5, 0.6) is 5.75 Å². The molecule has 1 atom stereocenters. The van der Waals surface area contributed by atoms with Gasteiger partial charge < -0.3 is 19.6 Å². The molecule has 1 amide bonds. The highest BCUT2D eigenvalue weighted by Crippen LogP contribution is 2.28. The van der Waals surface area contributed by atoms with Crippen LogP contribution in [-0.2, 0) is 0 Å². The highest BCUT2D eigenvalue weighted by molar-refractivity contribution is 5.96. The zero-order valence-corrected chi connectivity index (χ0v) is 16.7. The number of aromatic nitrogens is 1. The van der Waals surface area contributed by atoms with Crippen molar-refractivity contribution in [1.29, 1.82) is 0 Å². The highest BCUT2D eigenvalue weighted by Gasteiger charge is 2.27. The highest BCUT2D eigenvalue weighted by atomic mass is 16.5. The van der Waals surface area contributed by atoms with Crippen LogP contribution in [0.1, 0.15) is 43.6 Å². The Kier molecular flexibility index (Phi) is 5.51. The maximum atomic E-state index is 12.7. The van der Waals surface area contributed by atoms with Gasteiger partial charge in [-0.1, -0.05) is 18.2 Å². The number of pyridine rings is 1. The summed E-state index contributed by atoms with van der Waals surface area (Å²) >= 11 is 0. The summed E-state index contributed by atoms with van der Waals surface area (Å²) in [6.07, 6.45) is 2.37. The van der Waals surface area contributed by atoms with Crippen molar-refractivity contribution in [3.05, 3.63) is 36.0 Å². The number of carbonyl (C=O) groups is 1. The molecule has 0 saturated carbocycles. The Hall–Kier alpha value is -2.18. The van der Waals surface area contributed by atoms with E-state index in [0.29, 0.717) is 31.2 Å². The van der Waals surface area contributed by atoms with Gasteiger partial charge in [0.2, 0.25) is 0 Å². The SMILES string of the molecule is CC(C)N1CCC(Oc2cccc3ccc(C(=O)N4CCC(O)C4)nc23)CC1. The number of benzene rings is 1. The van der Waals surface area contributed by atoms with Gasteiger partial charge in [-0.05, 0) is 45.2 Å². The normalized spacial score (nSPS) is 21.6. The molecule has 0 bridgehead atoms. The maximum absolute atomic E-state index is 12.7. The standard InChI is InChI=1S/C22H29N3O3/c1-15(2)24-12-9-18(10-13-24)28-20-5-3-4-16-6-7-19(23-21(16)20)22(27)25-11-8-17(26)14-25/h3-7,15,17-18,26H,8-14H2,1-2H3. The quantitative estimate of drug-likeness (QED) is 0.879. The van der Waals surface area contributed by atoms with Gasteiger partial charge in [0.1, 0.15) is 23.1 Å². The van der Waals surface area contributed by atoms with Crippen LogP contribution in [0.4, 0.5) is 0 Å². The first kappa shape index (κ1) is 19.2. The third kappa shape index (κ3) is 3.98. The summed E-state index contributed by atoms with van der Waals surface area (Å²) in [5.41, 5.74) is 1.15. The van der Waals surface area contributed by atoms with E-state index in [1.165, 1.54) is 0 Å². The summed E-state index contributed by atoms with van der Waals surface area (Å²) in [4.78, 5) is 21.5. The lowest BCUT2D eigenvalue weighted by molar-refractivity contribution is 0.0759. The molecule has 1 aromatic carbocycles. The van der Waals surface area contributed by atoms with Crippen molar-refractivity contribution < 1.29 is 14.6 Å². The average Bonchev–Trinajstić information content (AvgIpc) is 3.14. The number of nitrogens with zero attached hydrogens (tertiary/aromatic N) is 3. The molecule has 4 rings (SSSR count). The van der Waals surface area contributed by atoms with Gasteiger partial charge >= 0.3 is 0 Å². The number of aliphatic hydroxyl groups excluding tert-OH is 1. The number of rotatable bonds is 4. The summed E-state index contributed by atoms with van der Waals surface area (Å²) in [6, 6.07) is 10.2. The molecule has 6 heteroatoms. The number of piperidine rings is 1. The largest absolute Gasteiger partial charge is 0.488 e. The van der Waals surface area contributed by atoms with Gasteiger partial charge in [-0.3, -0.25) is 4.79 Å². The van der Waals surface area contributed by atoms with Crippen LogP contribution < -0.4 is 4.74 Å². The molecule has 28 heavy (non-hydrogen) atoms. The van der Waals surface area contributed by atoms with Crippen LogP contribution >= 0.6 is 0 Å². The fourth-order valence-corrected chi connectivity index (χ4v) is 4.11. The molecule has 2 fully saturated rings. The van der Waals surface area contributed by atoms with Gasteiger partial charge in [0, 0.05) is 37.6 Å². The van der Waals surface area contributed by atoms with Gasteiger partial charge in [-0.2, -0.15) is 0 Å². The van der Waals surface area contributed by atoms with E-state index in [1.807, 2.05) is 24.3 Å². The molecule has 0 radical (unpaired) electrons. The Labute approximate surface area is 166 Å². The smallest absolute Gasteiger partial charge is 0.272 e.